The van der Waals surface area contributed by atoms with E-state index in [0.717, 1.165) is 9.32 Å². The van der Waals surface area contributed by atoms with Crippen molar-refractivity contribution < 1.29 is 9.47 Å². The summed E-state index contributed by atoms with van der Waals surface area (Å²) < 4.78 is 11.3. The van der Waals surface area contributed by atoms with E-state index in [4.69, 9.17) is 21.1 Å². The second-order valence-corrected chi connectivity index (χ2v) is 4.13. The lowest BCUT2D eigenvalue weighted by atomic mass is 10.3. The van der Waals surface area contributed by atoms with Gasteiger partial charge in [0, 0.05) is 15.7 Å². The highest BCUT2D eigenvalue weighted by molar-refractivity contribution is 14.1. The van der Waals surface area contributed by atoms with Crippen LogP contribution in [0.5, 0.6) is 5.75 Å². The van der Waals surface area contributed by atoms with Gasteiger partial charge < -0.3 is 9.47 Å². The molecule has 72 valence electrons. The van der Waals surface area contributed by atoms with E-state index >= 15 is 0 Å². The van der Waals surface area contributed by atoms with Crippen LogP contribution in [-0.2, 0) is 4.74 Å². The second-order valence-electron chi connectivity index (χ2n) is 2.45. The molecule has 0 aliphatic heterocycles. The van der Waals surface area contributed by atoms with Gasteiger partial charge in [0.05, 0.1) is 6.61 Å². The van der Waals surface area contributed by atoms with Gasteiger partial charge in [-0.3, -0.25) is 0 Å². The molecular formula is C9H10ClIO2. The predicted molar refractivity (Wildman–Crippen MR) is 61.5 cm³/mol. The largest absolute Gasteiger partial charge is 0.491 e. The summed E-state index contributed by atoms with van der Waals surface area (Å²) in [6.07, 6.45) is 0. The van der Waals surface area contributed by atoms with Crippen molar-refractivity contribution in [3.8, 4) is 5.75 Å². The highest BCUT2D eigenvalue weighted by Crippen LogP contribution is 2.21. The van der Waals surface area contributed by atoms with E-state index in [1.807, 2.05) is 12.1 Å². The van der Waals surface area contributed by atoms with E-state index < -0.39 is 0 Å². The summed E-state index contributed by atoms with van der Waals surface area (Å²) in [7, 11) is 1.64. The quantitative estimate of drug-likeness (QED) is 0.628. The third-order valence-electron chi connectivity index (χ3n) is 1.39. The first kappa shape index (κ1) is 11.1. The van der Waals surface area contributed by atoms with Crippen LogP contribution in [0.4, 0.5) is 0 Å². The summed E-state index contributed by atoms with van der Waals surface area (Å²) in [4.78, 5) is 0. The summed E-state index contributed by atoms with van der Waals surface area (Å²) in [6.45, 7) is 1.13. The van der Waals surface area contributed by atoms with E-state index in [0.29, 0.717) is 18.2 Å². The number of hydrogen-bond acceptors (Lipinski definition) is 2. The van der Waals surface area contributed by atoms with Crippen LogP contribution in [0.25, 0.3) is 0 Å². The minimum atomic E-state index is 0.549. The molecule has 0 saturated heterocycles. The molecule has 0 N–H and O–H groups in total. The molecule has 0 amide bonds. The average molecular weight is 313 g/mol. The van der Waals surface area contributed by atoms with Gasteiger partial charge in [0.25, 0.3) is 0 Å². The standard InChI is InChI=1S/C9H10ClIO2/c1-12-2-3-13-9-5-7(10)4-8(11)6-9/h4-6H,2-3H2,1H3. The van der Waals surface area contributed by atoms with Crippen LogP contribution in [0, 0.1) is 3.57 Å². The molecule has 2 nitrogen and oxygen atoms in total. The van der Waals surface area contributed by atoms with E-state index in [9.17, 15) is 0 Å². The Morgan fingerprint density at radius 1 is 1.31 bits per heavy atom. The highest BCUT2D eigenvalue weighted by atomic mass is 127. The van der Waals surface area contributed by atoms with Crippen LogP contribution in [-0.4, -0.2) is 20.3 Å². The zero-order chi connectivity index (χ0) is 9.68. The Hall–Kier alpha value is -0.000000000000000111. The smallest absolute Gasteiger partial charge is 0.121 e. The van der Waals surface area contributed by atoms with Gasteiger partial charge in [0.15, 0.2) is 0 Å². The Labute approximate surface area is 96.3 Å². The maximum absolute atomic E-state index is 5.85. The molecule has 1 aromatic carbocycles. The average Bonchev–Trinajstić information content (AvgIpc) is 2.03. The van der Waals surface area contributed by atoms with Crippen LogP contribution in [0.1, 0.15) is 0 Å². The zero-order valence-electron chi connectivity index (χ0n) is 7.22. The lowest BCUT2D eigenvalue weighted by molar-refractivity contribution is 0.146. The van der Waals surface area contributed by atoms with Crippen molar-refractivity contribution in [1.82, 2.24) is 0 Å². The molecule has 0 bridgehead atoms. The van der Waals surface area contributed by atoms with Gasteiger partial charge in [-0.15, -0.1) is 0 Å². The molecule has 0 heterocycles. The van der Waals surface area contributed by atoms with E-state index in [1.54, 1.807) is 13.2 Å². The van der Waals surface area contributed by atoms with Gasteiger partial charge in [-0.2, -0.15) is 0 Å². The zero-order valence-corrected chi connectivity index (χ0v) is 10.1. The first-order chi connectivity index (χ1) is 6.22. The normalized spacial score (nSPS) is 10.1. The van der Waals surface area contributed by atoms with Crippen molar-refractivity contribution in [2.45, 2.75) is 0 Å². The number of hydrogen-bond donors (Lipinski definition) is 0. The summed E-state index contributed by atoms with van der Waals surface area (Å²) in [5, 5.41) is 0.694. The van der Waals surface area contributed by atoms with Gasteiger partial charge in [-0.1, -0.05) is 11.6 Å². The molecule has 0 radical (unpaired) electrons. The molecule has 0 spiro atoms. The van der Waals surface area contributed by atoms with Crippen molar-refractivity contribution in [1.29, 1.82) is 0 Å². The molecule has 0 aromatic heterocycles. The fraction of sp³-hybridized carbons (Fsp3) is 0.333. The first-order valence-electron chi connectivity index (χ1n) is 3.80. The minimum absolute atomic E-state index is 0.549. The fourth-order valence-corrected chi connectivity index (χ4v) is 1.91. The third kappa shape index (κ3) is 4.15. The molecule has 13 heavy (non-hydrogen) atoms. The summed E-state index contributed by atoms with van der Waals surface area (Å²) in [5.74, 6) is 0.786. The SMILES string of the molecule is COCCOc1cc(Cl)cc(I)c1. The van der Waals surface area contributed by atoms with Crippen LogP contribution in [0.3, 0.4) is 0 Å². The van der Waals surface area contributed by atoms with Crippen LogP contribution < -0.4 is 4.74 Å². The Balaban J connectivity index is 2.56. The minimum Gasteiger partial charge on any atom is -0.491 e. The summed E-state index contributed by atoms with van der Waals surface area (Å²) >= 11 is 8.04. The molecule has 1 aromatic rings. The van der Waals surface area contributed by atoms with Crippen LogP contribution >= 0.6 is 34.2 Å². The number of rotatable bonds is 4. The van der Waals surface area contributed by atoms with E-state index in [2.05, 4.69) is 22.6 Å². The lowest BCUT2D eigenvalue weighted by Gasteiger charge is -2.05. The molecule has 0 unspecified atom stereocenters. The number of methoxy groups -OCH3 is 1. The van der Waals surface area contributed by atoms with Gasteiger partial charge in [-0.25, -0.2) is 0 Å². The fourth-order valence-electron chi connectivity index (χ4n) is 0.855. The van der Waals surface area contributed by atoms with Crippen LogP contribution in [0.2, 0.25) is 5.02 Å². The first-order valence-corrected chi connectivity index (χ1v) is 5.26. The van der Waals surface area contributed by atoms with Crippen molar-refractivity contribution in [2.75, 3.05) is 20.3 Å². The second kappa shape index (κ2) is 5.67. The lowest BCUT2D eigenvalue weighted by Crippen LogP contribution is -2.04. The Kier molecular flexibility index (Phi) is 4.83. The molecule has 0 fully saturated rings. The molecule has 0 aliphatic carbocycles. The summed E-state index contributed by atoms with van der Waals surface area (Å²) in [5.41, 5.74) is 0. The van der Waals surface area contributed by atoms with Gasteiger partial charge in [-0.05, 0) is 40.8 Å². The molecule has 0 atom stereocenters. The third-order valence-corrected chi connectivity index (χ3v) is 2.23. The molecular weight excluding hydrogens is 302 g/mol. The molecule has 1 rings (SSSR count). The topological polar surface area (TPSA) is 18.5 Å². The van der Waals surface area contributed by atoms with Gasteiger partial charge in [0.2, 0.25) is 0 Å². The van der Waals surface area contributed by atoms with E-state index in [1.165, 1.54) is 0 Å². The maximum atomic E-state index is 5.85. The highest BCUT2D eigenvalue weighted by Gasteiger charge is 1.97. The van der Waals surface area contributed by atoms with E-state index in [-0.39, 0.29) is 0 Å². The Morgan fingerprint density at radius 3 is 2.69 bits per heavy atom. The molecule has 0 saturated carbocycles. The van der Waals surface area contributed by atoms with Gasteiger partial charge >= 0.3 is 0 Å². The predicted octanol–water partition coefficient (Wildman–Crippen LogP) is 2.97. The monoisotopic (exact) mass is 312 g/mol. The van der Waals surface area contributed by atoms with Crippen molar-refractivity contribution >= 4 is 34.2 Å². The number of halogens is 2. The molecule has 4 heteroatoms. The Morgan fingerprint density at radius 2 is 2.08 bits per heavy atom. The van der Waals surface area contributed by atoms with Crippen molar-refractivity contribution in [3.63, 3.8) is 0 Å². The Bertz CT molecular complexity index is 258. The van der Waals surface area contributed by atoms with Crippen molar-refractivity contribution in [3.05, 3.63) is 26.8 Å². The van der Waals surface area contributed by atoms with Crippen molar-refractivity contribution in [2.24, 2.45) is 0 Å². The maximum Gasteiger partial charge on any atom is 0.121 e. The van der Waals surface area contributed by atoms with Crippen LogP contribution in [0.15, 0.2) is 18.2 Å². The number of benzene rings is 1. The number of ether oxygens (including phenoxy) is 2. The van der Waals surface area contributed by atoms with Gasteiger partial charge in [0.1, 0.15) is 12.4 Å². The molecule has 0 aliphatic rings. The summed E-state index contributed by atoms with van der Waals surface area (Å²) in [6, 6.07) is 5.60.